The minimum absolute atomic E-state index is 0.463. The van der Waals surface area contributed by atoms with E-state index in [-0.39, 0.29) is 0 Å². The van der Waals surface area contributed by atoms with E-state index in [1.54, 1.807) is 11.1 Å². The van der Waals surface area contributed by atoms with Crippen LogP contribution in [0.3, 0.4) is 0 Å². The summed E-state index contributed by atoms with van der Waals surface area (Å²) in [6.07, 6.45) is 9.38. The zero-order chi connectivity index (χ0) is 11.0. The van der Waals surface area contributed by atoms with Crippen molar-refractivity contribution >= 4 is 0 Å². The van der Waals surface area contributed by atoms with Crippen molar-refractivity contribution in [2.24, 2.45) is 5.92 Å². The SMILES string of the molecule is CCCCC1=C[C@]2(c3ccccc3)C[C@@H]2C1. The molecule has 0 aliphatic heterocycles. The van der Waals surface area contributed by atoms with Crippen molar-refractivity contribution in [3.05, 3.63) is 47.5 Å². The van der Waals surface area contributed by atoms with Crippen LogP contribution in [0.5, 0.6) is 0 Å². The molecule has 0 heterocycles. The van der Waals surface area contributed by atoms with Gasteiger partial charge in [-0.05, 0) is 37.2 Å². The molecule has 84 valence electrons. The molecule has 0 spiro atoms. The fourth-order valence-electron chi connectivity index (χ4n) is 3.28. The highest BCUT2D eigenvalue weighted by atomic mass is 14.6. The number of hydrogen-bond donors (Lipinski definition) is 0. The van der Waals surface area contributed by atoms with E-state index in [1.807, 2.05) is 0 Å². The Bertz CT molecular complexity index is 401. The summed E-state index contributed by atoms with van der Waals surface area (Å²) < 4.78 is 0. The molecule has 2 aliphatic carbocycles. The molecule has 3 rings (SSSR count). The summed E-state index contributed by atoms with van der Waals surface area (Å²) in [5, 5.41) is 0. The summed E-state index contributed by atoms with van der Waals surface area (Å²) in [4.78, 5) is 0. The van der Waals surface area contributed by atoms with E-state index < -0.39 is 0 Å². The predicted octanol–water partition coefficient (Wildman–Crippen LogP) is 4.46. The summed E-state index contributed by atoms with van der Waals surface area (Å²) in [6.45, 7) is 2.28. The Kier molecular flexibility index (Phi) is 2.38. The van der Waals surface area contributed by atoms with Gasteiger partial charge in [-0.25, -0.2) is 0 Å². The number of benzene rings is 1. The molecule has 0 saturated heterocycles. The zero-order valence-corrected chi connectivity index (χ0v) is 10.1. The van der Waals surface area contributed by atoms with Gasteiger partial charge in [0.25, 0.3) is 0 Å². The molecule has 0 bridgehead atoms. The van der Waals surface area contributed by atoms with Gasteiger partial charge in [0.05, 0.1) is 0 Å². The van der Waals surface area contributed by atoms with Gasteiger partial charge in [0.2, 0.25) is 0 Å². The molecule has 2 atom stereocenters. The maximum Gasteiger partial charge on any atom is 0.0169 e. The van der Waals surface area contributed by atoms with Gasteiger partial charge in [-0.15, -0.1) is 0 Å². The van der Waals surface area contributed by atoms with E-state index in [2.05, 4.69) is 43.3 Å². The van der Waals surface area contributed by atoms with Crippen molar-refractivity contribution in [2.75, 3.05) is 0 Å². The lowest BCUT2D eigenvalue weighted by Crippen LogP contribution is -2.02. The van der Waals surface area contributed by atoms with Crippen molar-refractivity contribution in [3.8, 4) is 0 Å². The van der Waals surface area contributed by atoms with E-state index in [1.165, 1.54) is 32.1 Å². The van der Waals surface area contributed by atoms with Crippen LogP contribution in [0.2, 0.25) is 0 Å². The van der Waals surface area contributed by atoms with Gasteiger partial charge in [-0.2, -0.15) is 0 Å². The van der Waals surface area contributed by atoms with Crippen LogP contribution < -0.4 is 0 Å². The van der Waals surface area contributed by atoms with Gasteiger partial charge in [-0.1, -0.05) is 55.3 Å². The molecular weight excluding hydrogens is 192 g/mol. The van der Waals surface area contributed by atoms with Crippen LogP contribution in [0.15, 0.2) is 42.0 Å². The number of hydrogen-bond acceptors (Lipinski definition) is 0. The molecule has 0 radical (unpaired) electrons. The molecule has 0 heteroatoms. The second kappa shape index (κ2) is 3.76. The fourth-order valence-corrected chi connectivity index (χ4v) is 3.28. The third-order valence-electron chi connectivity index (χ3n) is 4.29. The maximum absolute atomic E-state index is 2.60. The van der Waals surface area contributed by atoms with Crippen LogP contribution in [0, 0.1) is 5.92 Å². The lowest BCUT2D eigenvalue weighted by Gasteiger charge is -2.09. The van der Waals surface area contributed by atoms with Crippen LogP contribution in [0.4, 0.5) is 0 Å². The highest BCUT2D eigenvalue weighted by molar-refractivity contribution is 5.45. The summed E-state index contributed by atoms with van der Waals surface area (Å²) in [6, 6.07) is 11.1. The van der Waals surface area contributed by atoms with Gasteiger partial charge in [-0.3, -0.25) is 0 Å². The van der Waals surface area contributed by atoms with Crippen LogP contribution >= 0.6 is 0 Å². The number of fused-ring (bicyclic) bond motifs is 1. The Morgan fingerprint density at radius 3 is 2.81 bits per heavy atom. The predicted molar refractivity (Wildman–Crippen MR) is 68.5 cm³/mol. The molecule has 0 N–H and O–H groups in total. The van der Waals surface area contributed by atoms with E-state index in [0.717, 1.165) is 5.92 Å². The third-order valence-corrected chi connectivity index (χ3v) is 4.29. The standard InChI is InChI=1S/C16H20/c1-2-3-7-13-10-15-12-16(15,11-13)14-8-5-4-6-9-14/h4-6,8-9,11,15H,2-3,7,10,12H2,1H3/t15-,16+/m0/s1. The second-order valence-electron chi connectivity index (χ2n) is 5.42. The fraction of sp³-hybridized carbons (Fsp3) is 0.500. The lowest BCUT2D eigenvalue weighted by molar-refractivity contribution is 0.722. The maximum atomic E-state index is 2.60. The summed E-state index contributed by atoms with van der Waals surface area (Å²) in [7, 11) is 0. The number of unbranched alkanes of at least 4 members (excludes halogenated alkanes) is 1. The first-order valence-corrected chi connectivity index (χ1v) is 6.61. The van der Waals surface area contributed by atoms with Gasteiger partial charge in [0, 0.05) is 5.41 Å². The van der Waals surface area contributed by atoms with E-state index in [9.17, 15) is 0 Å². The molecule has 0 nitrogen and oxygen atoms in total. The van der Waals surface area contributed by atoms with Gasteiger partial charge >= 0.3 is 0 Å². The molecule has 0 aromatic heterocycles. The van der Waals surface area contributed by atoms with Crippen molar-refractivity contribution in [1.29, 1.82) is 0 Å². The molecular formula is C16H20. The van der Waals surface area contributed by atoms with Crippen LogP contribution in [0.25, 0.3) is 0 Å². The smallest absolute Gasteiger partial charge is 0.0169 e. The van der Waals surface area contributed by atoms with Crippen LogP contribution in [-0.4, -0.2) is 0 Å². The summed E-state index contributed by atoms with van der Waals surface area (Å²) in [5.74, 6) is 0.932. The minimum atomic E-state index is 0.463. The largest absolute Gasteiger partial charge is 0.0744 e. The summed E-state index contributed by atoms with van der Waals surface area (Å²) in [5.41, 5.74) is 3.73. The molecule has 2 aliphatic rings. The molecule has 1 aromatic rings. The van der Waals surface area contributed by atoms with E-state index >= 15 is 0 Å². The first-order chi connectivity index (χ1) is 7.85. The Morgan fingerprint density at radius 2 is 2.06 bits per heavy atom. The molecule has 0 amide bonds. The quantitative estimate of drug-likeness (QED) is 0.646. The molecule has 16 heavy (non-hydrogen) atoms. The Morgan fingerprint density at radius 1 is 1.25 bits per heavy atom. The van der Waals surface area contributed by atoms with Crippen molar-refractivity contribution < 1.29 is 0 Å². The second-order valence-corrected chi connectivity index (χ2v) is 5.42. The lowest BCUT2D eigenvalue weighted by atomic mass is 9.95. The molecule has 1 aromatic carbocycles. The van der Waals surface area contributed by atoms with E-state index in [0.29, 0.717) is 5.41 Å². The van der Waals surface area contributed by atoms with Crippen molar-refractivity contribution in [1.82, 2.24) is 0 Å². The highest BCUT2D eigenvalue weighted by Gasteiger charge is 2.56. The third kappa shape index (κ3) is 1.52. The van der Waals surface area contributed by atoms with Gasteiger partial charge in [0.15, 0.2) is 0 Å². The average molecular weight is 212 g/mol. The topological polar surface area (TPSA) is 0 Å². The normalized spacial score (nSPS) is 31.1. The molecule has 1 fully saturated rings. The zero-order valence-electron chi connectivity index (χ0n) is 10.1. The molecule has 1 saturated carbocycles. The van der Waals surface area contributed by atoms with Crippen molar-refractivity contribution in [3.63, 3.8) is 0 Å². The number of allylic oxidation sites excluding steroid dienone is 2. The minimum Gasteiger partial charge on any atom is -0.0744 e. The Balaban J connectivity index is 1.80. The first-order valence-electron chi connectivity index (χ1n) is 6.61. The van der Waals surface area contributed by atoms with Gasteiger partial charge < -0.3 is 0 Å². The average Bonchev–Trinajstić information content (AvgIpc) is 2.92. The van der Waals surface area contributed by atoms with Crippen LogP contribution in [-0.2, 0) is 5.41 Å². The Hall–Kier alpha value is -1.04. The molecule has 0 unspecified atom stereocenters. The monoisotopic (exact) mass is 212 g/mol. The van der Waals surface area contributed by atoms with Gasteiger partial charge in [0.1, 0.15) is 0 Å². The number of rotatable bonds is 4. The van der Waals surface area contributed by atoms with Crippen LogP contribution in [0.1, 0.15) is 44.6 Å². The highest BCUT2D eigenvalue weighted by Crippen LogP contribution is 2.63. The summed E-state index contributed by atoms with van der Waals surface area (Å²) >= 11 is 0. The Labute approximate surface area is 98.4 Å². The van der Waals surface area contributed by atoms with Crippen molar-refractivity contribution in [2.45, 2.75) is 44.4 Å². The van der Waals surface area contributed by atoms with E-state index in [4.69, 9.17) is 0 Å². The first kappa shape index (κ1) is 10.1.